The second-order valence-electron chi connectivity index (χ2n) is 37.3. The zero-order valence-corrected chi connectivity index (χ0v) is 79.8. The summed E-state index contributed by atoms with van der Waals surface area (Å²) in [5.41, 5.74) is 33.4. The molecule has 14 heteroatoms. The van der Waals surface area contributed by atoms with Crippen molar-refractivity contribution < 1.29 is 4.42 Å². The predicted molar refractivity (Wildman–Crippen MR) is 600 cm³/mol. The van der Waals surface area contributed by atoms with Crippen LogP contribution in [0.25, 0.3) is 272 Å². The molecule has 0 fully saturated rings. The molecule has 0 spiro atoms. The smallest absolute Gasteiger partial charge is 0.160 e. The third kappa shape index (κ3) is 12.9. The largest absolute Gasteiger partial charge is 0.455 e. The third-order valence-corrected chi connectivity index (χ3v) is 32.4. The minimum absolute atomic E-state index is 0.0939. The van der Waals surface area contributed by atoms with Crippen LogP contribution < -0.4 is 0 Å². The lowest BCUT2D eigenvalue weighted by Gasteiger charge is -2.22. The van der Waals surface area contributed by atoms with E-state index in [1.807, 2.05) is 66.7 Å². The minimum Gasteiger partial charge on any atom is -0.455 e. The molecule has 0 saturated heterocycles. The van der Waals surface area contributed by atoms with Gasteiger partial charge in [-0.2, -0.15) is 0 Å². The summed E-state index contributed by atoms with van der Waals surface area (Å²) in [6.45, 7) is 4.75. The Morgan fingerprint density at radius 2 is 0.594 bits per heavy atom. The molecule has 0 bridgehead atoms. The number of aromatic nitrogens is 10. The Morgan fingerprint density at radius 3 is 1.11 bits per heavy atom. The molecule has 0 amide bonds. The number of rotatable bonds is 10. The molecule has 31 rings (SSSR count). The Hall–Kier alpha value is -17.9. The van der Waals surface area contributed by atoms with E-state index >= 15 is 0 Å². The number of thiophene rings is 3. The van der Waals surface area contributed by atoms with Crippen LogP contribution in [0.1, 0.15) is 25.0 Å². The monoisotopic (exact) mass is 1880 g/mol. The Labute approximate surface area is 831 Å². The van der Waals surface area contributed by atoms with Gasteiger partial charge in [0.25, 0.3) is 0 Å². The summed E-state index contributed by atoms with van der Waals surface area (Å²) in [7, 11) is 0. The van der Waals surface area contributed by atoms with Gasteiger partial charge in [0.2, 0.25) is 0 Å². The first kappa shape index (κ1) is 82.2. The highest BCUT2D eigenvalue weighted by atomic mass is 32.1. The molecule has 143 heavy (non-hydrogen) atoms. The molecule has 0 unspecified atom stereocenters. The Morgan fingerprint density at radius 1 is 0.231 bits per heavy atom. The van der Waals surface area contributed by atoms with Crippen LogP contribution in [0.5, 0.6) is 0 Å². The SMILES string of the molecule is CC1(C)c2ccccc2-c2ccc3c(c21)c1ccccc1n3-c1ccc(-c2nc(-c3ccccc3)nc3c2sc2ccccc23)cc1.c1ccc(-c2nc(-c3ccc(-n4c5ccccc5c5c4ccc4c6ccccc6n(-c6ccccc6)c45)cc3)c3sc4ccccc4c3n2)cc1.c1ccc(-c2nc(-c3cccc(-n4c5ccccc5c5c6oc7ccccc7c6ccc54)c3)c3sc4ccccc4c3n2)cc1. The summed E-state index contributed by atoms with van der Waals surface area (Å²) in [5, 5.41) is 15.7. The van der Waals surface area contributed by atoms with Gasteiger partial charge in [-0.05, 0) is 144 Å². The molecule has 30 aromatic rings. The molecular weight excluding hydrogens is 1800 g/mol. The van der Waals surface area contributed by atoms with E-state index in [0.717, 1.165) is 165 Å². The summed E-state index contributed by atoms with van der Waals surface area (Å²) in [6, 6.07) is 160. The fourth-order valence-corrected chi connectivity index (χ4v) is 26.1. The van der Waals surface area contributed by atoms with E-state index in [1.54, 1.807) is 34.0 Å². The van der Waals surface area contributed by atoms with Crippen molar-refractivity contribution in [2.45, 2.75) is 19.3 Å². The summed E-state index contributed by atoms with van der Waals surface area (Å²) >= 11 is 5.29. The average molecular weight is 1880 g/mol. The lowest BCUT2D eigenvalue weighted by Crippen LogP contribution is -2.15. The molecule has 1 aliphatic carbocycles. The third-order valence-electron chi connectivity index (χ3n) is 28.9. The highest BCUT2D eigenvalue weighted by molar-refractivity contribution is 7.27. The van der Waals surface area contributed by atoms with Crippen molar-refractivity contribution in [3.63, 3.8) is 0 Å². The van der Waals surface area contributed by atoms with Crippen molar-refractivity contribution in [2.24, 2.45) is 0 Å². The van der Waals surface area contributed by atoms with Gasteiger partial charge in [-0.25, -0.2) is 29.9 Å². The Bertz CT molecular complexity index is 10500. The van der Waals surface area contributed by atoms with Crippen molar-refractivity contribution >= 4 is 204 Å². The Kier molecular flexibility index (Phi) is 18.7. The summed E-state index contributed by atoms with van der Waals surface area (Å²) in [5.74, 6) is 2.22. The van der Waals surface area contributed by atoms with Gasteiger partial charge >= 0.3 is 0 Å². The van der Waals surface area contributed by atoms with Crippen LogP contribution in [0.4, 0.5) is 0 Å². The highest BCUT2D eigenvalue weighted by Gasteiger charge is 2.39. The quantitative estimate of drug-likeness (QED) is 0.134. The van der Waals surface area contributed by atoms with Crippen molar-refractivity contribution in [2.75, 3.05) is 0 Å². The van der Waals surface area contributed by atoms with Gasteiger partial charge in [-0.15, -0.1) is 34.0 Å². The molecule has 0 radical (unpaired) electrons. The first-order valence-electron chi connectivity index (χ1n) is 48.3. The maximum atomic E-state index is 6.52. The van der Waals surface area contributed by atoms with Gasteiger partial charge in [-0.1, -0.05) is 341 Å². The van der Waals surface area contributed by atoms with Crippen molar-refractivity contribution in [3.05, 3.63) is 460 Å². The van der Waals surface area contributed by atoms with Crippen LogP contribution in [-0.2, 0) is 5.41 Å². The fraction of sp³-hybridized carbons (Fsp3) is 0.0233. The summed E-state index contributed by atoms with van der Waals surface area (Å²) in [4.78, 5) is 30.9. The van der Waals surface area contributed by atoms with E-state index in [1.165, 1.54) is 118 Å². The summed E-state index contributed by atoms with van der Waals surface area (Å²) in [6.07, 6.45) is 0. The second kappa shape index (κ2) is 32.6. The van der Waals surface area contributed by atoms with Crippen LogP contribution in [0.2, 0.25) is 0 Å². The molecule has 1 aliphatic rings. The highest BCUT2D eigenvalue weighted by Crippen LogP contribution is 2.55. The molecule has 11 nitrogen and oxygen atoms in total. The average Bonchev–Trinajstić information content (AvgIpc) is 1.54. The number of furan rings is 1. The minimum atomic E-state index is -0.0939. The first-order valence-corrected chi connectivity index (χ1v) is 50.7. The van der Waals surface area contributed by atoms with E-state index in [2.05, 4.69) is 414 Å². The van der Waals surface area contributed by atoms with Crippen LogP contribution in [0.3, 0.4) is 0 Å². The number of fused-ring (bicyclic) bond motifs is 30. The van der Waals surface area contributed by atoms with E-state index in [4.69, 9.17) is 34.3 Å². The van der Waals surface area contributed by atoms with E-state index in [0.29, 0.717) is 0 Å². The standard InChI is InChI=1S/C46H28N4S.C43H29N3S.C40H23N3OS/c1-3-13-30(14-4-1)46-47-42(45-43(48-46)36-19-9-12-22-40(36)51-45)29-23-25-32(26-24-29)49-38-21-11-8-18-35(38)41-39(49)28-27-34-33-17-7-10-20-37(33)50(44(34)41)31-15-5-2-6-16-31;1-43(2)33-17-9-6-14-29(33)30-24-25-35-37(38(30)43)31-15-7-10-18-34(31)46(35)28-22-20-26(21-23-28)39-41-40(32-16-8-11-19-36(32)47-41)45-42(44-39)27-12-4-3-5-13-27;1-2-11-24(12-3-1)40-41-36(39-37(42-40)30-17-6-9-20-34(30)45-39)25-13-10-14-26(23-25)43-31-18-7-4-16-29(31)35-32(43)22-21-28-27-15-5-8-19-33(27)44-38(28)35/h1-28H;3-25H,1-2H3;1-23H. The molecule has 11 aromatic heterocycles. The topological polar surface area (TPSA) is 110 Å². The lowest BCUT2D eigenvalue weighted by molar-refractivity contribution is 0.666. The van der Waals surface area contributed by atoms with Gasteiger partial charge in [0.05, 0.1) is 97.3 Å². The predicted octanol–water partition coefficient (Wildman–Crippen LogP) is 35.1. The number of benzene rings is 19. The molecule has 0 saturated carbocycles. The van der Waals surface area contributed by atoms with E-state index in [9.17, 15) is 0 Å². The maximum absolute atomic E-state index is 6.52. The van der Waals surface area contributed by atoms with Gasteiger partial charge < -0.3 is 22.7 Å². The van der Waals surface area contributed by atoms with Gasteiger partial charge in [0.15, 0.2) is 17.5 Å². The van der Waals surface area contributed by atoms with Crippen LogP contribution in [-0.4, -0.2) is 48.2 Å². The molecule has 19 aromatic carbocycles. The lowest BCUT2D eigenvalue weighted by atomic mass is 9.80. The number of nitrogens with zero attached hydrogens (tertiary/aromatic N) is 10. The van der Waals surface area contributed by atoms with Crippen molar-refractivity contribution in [3.8, 4) is 102 Å². The zero-order valence-electron chi connectivity index (χ0n) is 77.3. The fourth-order valence-electron chi connectivity index (χ4n) is 22.6. The van der Waals surface area contributed by atoms with E-state index in [-0.39, 0.29) is 5.41 Å². The van der Waals surface area contributed by atoms with Gasteiger partial charge in [0, 0.05) is 140 Å². The zero-order chi connectivity index (χ0) is 94.2. The second-order valence-corrected chi connectivity index (χ2v) is 40.5. The molecule has 0 atom stereocenters. The maximum Gasteiger partial charge on any atom is 0.160 e. The van der Waals surface area contributed by atoms with Crippen LogP contribution in [0.15, 0.2) is 453 Å². The van der Waals surface area contributed by atoms with Crippen LogP contribution >= 0.6 is 34.0 Å². The molecule has 0 aliphatic heterocycles. The molecule has 0 N–H and O–H groups in total. The van der Waals surface area contributed by atoms with Crippen molar-refractivity contribution in [1.82, 2.24) is 48.2 Å². The number of hydrogen-bond acceptors (Lipinski definition) is 10. The number of para-hydroxylation sites is 6. The van der Waals surface area contributed by atoms with Crippen molar-refractivity contribution in [1.29, 1.82) is 0 Å². The molecule has 11 heterocycles. The number of hydrogen-bond donors (Lipinski definition) is 0. The first-order chi connectivity index (χ1) is 70.7. The van der Waals surface area contributed by atoms with Crippen LogP contribution in [0, 0.1) is 0 Å². The molecular formula is C129H80N10OS3. The van der Waals surface area contributed by atoms with E-state index < -0.39 is 0 Å². The molecule has 670 valence electrons. The van der Waals surface area contributed by atoms with Gasteiger partial charge in [-0.3, -0.25) is 0 Å². The summed E-state index contributed by atoms with van der Waals surface area (Å²) < 4.78 is 23.1. The Balaban J connectivity index is 0.000000102. The normalized spacial score (nSPS) is 12.5. The van der Waals surface area contributed by atoms with Gasteiger partial charge in [0.1, 0.15) is 11.2 Å².